The molecule has 0 N–H and O–H groups in total. The zero-order valence-corrected chi connectivity index (χ0v) is 13.9. The van der Waals surface area contributed by atoms with E-state index in [1.54, 1.807) is 14.0 Å². The van der Waals surface area contributed by atoms with Crippen molar-refractivity contribution in [1.29, 1.82) is 0 Å². The Morgan fingerprint density at radius 3 is 2.30 bits per heavy atom. The van der Waals surface area contributed by atoms with Crippen molar-refractivity contribution in [3.8, 4) is 16.2 Å². The maximum Gasteiger partial charge on any atom is 0.374 e. The van der Waals surface area contributed by atoms with E-state index in [0.717, 1.165) is 28.9 Å². The number of hydrogen-bond acceptors (Lipinski definition) is 6. The zero-order chi connectivity index (χ0) is 17.0. The predicted molar refractivity (Wildman–Crippen MR) is 87.0 cm³/mol. The lowest BCUT2D eigenvalue weighted by atomic mass is 10.1. The van der Waals surface area contributed by atoms with Crippen LogP contribution in [0.1, 0.15) is 21.7 Å². The molecule has 0 saturated heterocycles. The number of rotatable bonds is 6. The second-order valence-corrected chi connectivity index (χ2v) is 5.92. The van der Waals surface area contributed by atoms with E-state index >= 15 is 0 Å². The number of carbonyl (C=O) groups excluding carboxylic acids is 3. The number of esters is 1. The van der Waals surface area contributed by atoms with E-state index in [1.165, 1.54) is 11.3 Å². The van der Waals surface area contributed by atoms with Gasteiger partial charge < -0.3 is 9.47 Å². The number of aryl methyl sites for hydroxylation is 1. The van der Waals surface area contributed by atoms with E-state index in [9.17, 15) is 14.4 Å². The Labute approximate surface area is 137 Å². The van der Waals surface area contributed by atoms with Crippen LogP contribution in [0.15, 0.2) is 30.3 Å². The van der Waals surface area contributed by atoms with Gasteiger partial charge in [0.05, 0.1) is 25.5 Å². The second kappa shape index (κ2) is 7.19. The fraction of sp³-hybridized carbons (Fsp3) is 0.235. The molecule has 0 bridgehead atoms. The first kappa shape index (κ1) is 16.9. The van der Waals surface area contributed by atoms with Crippen LogP contribution in [0, 0.1) is 6.92 Å². The summed E-state index contributed by atoms with van der Waals surface area (Å²) >= 11 is 1.30. The number of Topliss-reactive ketones (excluding diaryl/α,β-unsaturated/α-hetero) is 2. The first-order valence-corrected chi connectivity index (χ1v) is 7.67. The zero-order valence-electron chi connectivity index (χ0n) is 13.0. The molecule has 0 aliphatic carbocycles. The van der Waals surface area contributed by atoms with E-state index in [1.807, 2.05) is 30.3 Å². The summed E-state index contributed by atoms with van der Waals surface area (Å²) < 4.78 is 9.44. The van der Waals surface area contributed by atoms with Crippen molar-refractivity contribution < 1.29 is 23.9 Å². The molecule has 2 aromatic rings. The minimum Gasteiger partial charge on any atom is -0.497 e. The third-order valence-electron chi connectivity index (χ3n) is 3.28. The van der Waals surface area contributed by atoms with Crippen molar-refractivity contribution in [1.82, 2.24) is 0 Å². The van der Waals surface area contributed by atoms with Gasteiger partial charge >= 0.3 is 5.97 Å². The summed E-state index contributed by atoms with van der Waals surface area (Å²) in [7, 11) is 2.71. The third-order valence-corrected chi connectivity index (χ3v) is 4.61. The van der Waals surface area contributed by atoms with Crippen LogP contribution in [0.25, 0.3) is 10.4 Å². The van der Waals surface area contributed by atoms with Gasteiger partial charge in [-0.25, -0.2) is 4.79 Å². The average Bonchev–Trinajstić information content (AvgIpc) is 2.96. The van der Waals surface area contributed by atoms with E-state index in [0.29, 0.717) is 4.88 Å². The van der Waals surface area contributed by atoms with E-state index in [-0.39, 0.29) is 5.78 Å². The maximum atomic E-state index is 12.2. The van der Waals surface area contributed by atoms with Gasteiger partial charge in [0, 0.05) is 4.88 Å². The predicted octanol–water partition coefficient (Wildman–Crippen LogP) is 3.05. The Hall–Kier alpha value is -2.47. The summed E-state index contributed by atoms with van der Waals surface area (Å²) in [6, 6.07) is 9.37. The Balaban J connectivity index is 2.21. The van der Waals surface area contributed by atoms with Gasteiger partial charge in [-0.05, 0) is 48.4 Å². The highest BCUT2D eigenvalue weighted by molar-refractivity contribution is 7.17. The molecule has 1 aromatic heterocycles. The minimum absolute atomic E-state index is 0.373. The molecule has 23 heavy (non-hydrogen) atoms. The Morgan fingerprint density at radius 1 is 1.09 bits per heavy atom. The highest BCUT2D eigenvalue weighted by Crippen LogP contribution is 2.32. The van der Waals surface area contributed by atoms with Crippen LogP contribution in [0.2, 0.25) is 0 Å². The molecule has 5 nitrogen and oxygen atoms in total. The number of methoxy groups -OCH3 is 2. The van der Waals surface area contributed by atoms with Crippen LogP contribution >= 0.6 is 11.3 Å². The first-order valence-electron chi connectivity index (χ1n) is 6.85. The molecule has 0 unspecified atom stereocenters. The van der Waals surface area contributed by atoms with Gasteiger partial charge in [-0.1, -0.05) is 0 Å². The van der Waals surface area contributed by atoms with E-state index < -0.39 is 18.2 Å². The SMILES string of the molecule is COC(=O)C(=O)CC(=O)c1sc(-c2ccc(OC)cc2)cc1C. The van der Waals surface area contributed by atoms with Gasteiger partial charge in [-0.3, -0.25) is 9.59 Å². The van der Waals surface area contributed by atoms with Gasteiger partial charge in [0.25, 0.3) is 0 Å². The molecule has 2 rings (SSSR count). The molecule has 1 aromatic carbocycles. The van der Waals surface area contributed by atoms with Crippen LogP contribution in [0.5, 0.6) is 5.75 Å². The number of benzene rings is 1. The molecular weight excluding hydrogens is 316 g/mol. The molecule has 0 aliphatic rings. The molecule has 0 saturated carbocycles. The number of thiophene rings is 1. The van der Waals surface area contributed by atoms with Gasteiger partial charge in [0.15, 0.2) is 5.78 Å². The van der Waals surface area contributed by atoms with Crippen LogP contribution < -0.4 is 4.74 Å². The van der Waals surface area contributed by atoms with Crippen molar-refractivity contribution in [2.75, 3.05) is 14.2 Å². The third kappa shape index (κ3) is 3.84. The van der Waals surface area contributed by atoms with Crippen LogP contribution in [0.3, 0.4) is 0 Å². The largest absolute Gasteiger partial charge is 0.497 e. The minimum atomic E-state index is -0.997. The number of hydrogen-bond donors (Lipinski definition) is 0. The van der Waals surface area contributed by atoms with Crippen molar-refractivity contribution in [3.05, 3.63) is 40.8 Å². The van der Waals surface area contributed by atoms with Crippen LogP contribution in [-0.4, -0.2) is 31.8 Å². The summed E-state index contributed by atoms with van der Waals surface area (Å²) in [4.78, 5) is 36.2. The summed E-state index contributed by atoms with van der Waals surface area (Å²) in [6.45, 7) is 1.80. The smallest absolute Gasteiger partial charge is 0.374 e. The van der Waals surface area contributed by atoms with Gasteiger partial charge in [0.2, 0.25) is 5.78 Å². The topological polar surface area (TPSA) is 69.7 Å². The van der Waals surface area contributed by atoms with E-state index in [2.05, 4.69) is 4.74 Å². The van der Waals surface area contributed by atoms with Crippen molar-refractivity contribution in [2.24, 2.45) is 0 Å². The monoisotopic (exact) mass is 332 g/mol. The highest BCUT2D eigenvalue weighted by atomic mass is 32.1. The number of ether oxygens (including phenoxy) is 2. The molecule has 120 valence electrons. The molecule has 0 radical (unpaired) electrons. The lowest BCUT2D eigenvalue weighted by molar-refractivity contribution is -0.151. The van der Waals surface area contributed by atoms with E-state index in [4.69, 9.17) is 4.74 Å². The van der Waals surface area contributed by atoms with Crippen molar-refractivity contribution >= 4 is 28.9 Å². The molecular formula is C17H16O5S. The van der Waals surface area contributed by atoms with Crippen molar-refractivity contribution in [3.63, 3.8) is 0 Å². The summed E-state index contributed by atoms with van der Waals surface area (Å²) in [6.07, 6.45) is -0.476. The van der Waals surface area contributed by atoms with Crippen LogP contribution in [-0.2, 0) is 14.3 Å². The molecule has 0 amide bonds. The average molecular weight is 332 g/mol. The van der Waals surface area contributed by atoms with Crippen molar-refractivity contribution in [2.45, 2.75) is 13.3 Å². The Morgan fingerprint density at radius 2 is 1.74 bits per heavy atom. The normalized spacial score (nSPS) is 10.2. The molecule has 0 atom stereocenters. The lowest BCUT2D eigenvalue weighted by Gasteiger charge is -2.01. The maximum absolute atomic E-state index is 12.2. The first-order chi connectivity index (χ1) is 11.0. The van der Waals surface area contributed by atoms with Gasteiger partial charge in [-0.2, -0.15) is 0 Å². The fourth-order valence-corrected chi connectivity index (χ4v) is 3.18. The Kier molecular flexibility index (Phi) is 5.28. The molecule has 0 aliphatic heterocycles. The second-order valence-electron chi connectivity index (χ2n) is 4.87. The summed E-state index contributed by atoms with van der Waals surface area (Å²) in [5.74, 6) is -1.45. The molecule has 1 heterocycles. The van der Waals surface area contributed by atoms with Gasteiger partial charge in [-0.15, -0.1) is 11.3 Å². The van der Waals surface area contributed by atoms with Gasteiger partial charge in [0.1, 0.15) is 5.75 Å². The molecule has 0 fully saturated rings. The highest BCUT2D eigenvalue weighted by Gasteiger charge is 2.22. The fourth-order valence-electron chi connectivity index (χ4n) is 2.07. The number of carbonyl (C=O) groups is 3. The quantitative estimate of drug-likeness (QED) is 0.352. The standard InChI is InChI=1S/C17H16O5S/c1-10-8-15(11-4-6-12(21-2)7-5-11)23-16(10)13(18)9-14(19)17(20)22-3/h4-8H,9H2,1-3H3. The lowest BCUT2D eigenvalue weighted by Crippen LogP contribution is -2.19. The summed E-state index contributed by atoms with van der Waals surface area (Å²) in [5, 5.41) is 0. The number of ketones is 2. The molecule has 0 spiro atoms. The summed E-state index contributed by atoms with van der Waals surface area (Å²) in [5.41, 5.74) is 1.74. The molecule has 6 heteroatoms. The Bertz CT molecular complexity index is 743. The van der Waals surface area contributed by atoms with Crippen LogP contribution in [0.4, 0.5) is 0 Å².